The Kier molecular flexibility index (Phi) is 6.99. The van der Waals surface area contributed by atoms with E-state index in [1.54, 1.807) is 0 Å². The van der Waals surface area contributed by atoms with Crippen molar-refractivity contribution in [2.45, 2.75) is 19.6 Å². The molecule has 0 saturated heterocycles. The van der Waals surface area contributed by atoms with E-state index in [1.807, 2.05) is 36.4 Å². The van der Waals surface area contributed by atoms with Gasteiger partial charge >= 0.3 is 0 Å². The SMILES string of the molecule is [CH2]CC(COCc1ccccc1)COCc1ccccc1. The first-order chi connectivity index (χ1) is 10.4. The Morgan fingerprint density at radius 1 is 0.714 bits per heavy atom. The minimum Gasteiger partial charge on any atom is -0.376 e. The predicted molar refractivity (Wildman–Crippen MR) is 85.7 cm³/mol. The monoisotopic (exact) mass is 283 g/mol. The maximum atomic E-state index is 5.76. The first-order valence-corrected chi connectivity index (χ1v) is 7.41. The third-order valence-electron chi connectivity index (χ3n) is 3.34. The summed E-state index contributed by atoms with van der Waals surface area (Å²) in [4.78, 5) is 0. The number of hydrogen-bond donors (Lipinski definition) is 0. The van der Waals surface area contributed by atoms with Crippen LogP contribution in [-0.4, -0.2) is 13.2 Å². The van der Waals surface area contributed by atoms with E-state index in [0.717, 1.165) is 6.42 Å². The molecule has 0 aliphatic heterocycles. The molecule has 0 saturated carbocycles. The van der Waals surface area contributed by atoms with E-state index >= 15 is 0 Å². The van der Waals surface area contributed by atoms with Crippen molar-refractivity contribution in [3.05, 3.63) is 78.7 Å². The van der Waals surface area contributed by atoms with Crippen LogP contribution in [-0.2, 0) is 22.7 Å². The van der Waals surface area contributed by atoms with Gasteiger partial charge in [-0.05, 0) is 17.5 Å². The summed E-state index contributed by atoms with van der Waals surface area (Å²) in [5.41, 5.74) is 2.40. The van der Waals surface area contributed by atoms with Crippen molar-refractivity contribution in [1.29, 1.82) is 0 Å². The van der Waals surface area contributed by atoms with Gasteiger partial charge < -0.3 is 9.47 Å². The van der Waals surface area contributed by atoms with Gasteiger partial charge in [-0.1, -0.05) is 67.6 Å². The molecule has 2 rings (SSSR count). The minimum atomic E-state index is 0.345. The van der Waals surface area contributed by atoms with Gasteiger partial charge in [0, 0.05) is 5.92 Å². The molecule has 2 heteroatoms. The zero-order valence-corrected chi connectivity index (χ0v) is 12.4. The van der Waals surface area contributed by atoms with E-state index in [9.17, 15) is 0 Å². The Morgan fingerprint density at radius 3 is 1.52 bits per heavy atom. The van der Waals surface area contributed by atoms with Crippen molar-refractivity contribution in [2.24, 2.45) is 5.92 Å². The van der Waals surface area contributed by atoms with Crippen LogP contribution in [0.5, 0.6) is 0 Å². The lowest BCUT2D eigenvalue weighted by molar-refractivity contribution is 0.0278. The second kappa shape index (κ2) is 9.32. The van der Waals surface area contributed by atoms with Gasteiger partial charge in [-0.3, -0.25) is 0 Å². The highest BCUT2D eigenvalue weighted by Crippen LogP contribution is 2.09. The van der Waals surface area contributed by atoms with E-state index in [0.29, 0.717) is 32.3 Å². The molecule has 0 unspecified atom stereocenters. The predicted octanol–water partition coefficient (Wildman–Crippen LogP) is 4.26. The van der Waals surface area contributed by atoms with Crippen molar-refractivity contribution in [3.63, 3.8) is 0 Å². The largest absolute Gasteiger partial charge is 0.376 e. The Bertz CT molecular complexity index is 436. The highest BCUT2D eigenvalue weighted by molar-refractivity contribution is 5.14. The normalized spacial score (nSPS) is 11.0. The topological polar surface area (TPSA) is 18.5 Å². The Morgan fingerprint density at radius 2 is 1.14 bits per heavy atom. The molecule has 1 radical (unpaired) electrons. The lowest BCUT2D eigenvalue weighted by atomic mass is 10.1. The molecule has 0 atom stereocenters. The molecule has 0 amide bonds. The fourth-order valence-corrected chi connectivity index (χ4v) is 2.05. The second-order valence-corrected chi connectivity index (χ2v) is 5.16. The molecule has 0 N–H and O–H groups in total. The molecular formula is C19H23O2. The molecule has 0 spiro atoms. The fourth-order valence-electron chi connectivity index (χ4n) is 2.05. The van der Waals surface area contributed by atoms with Crippen LogP contribution in [0.3, 0.4) is 0 Å². The summed E-state index contributed by atoms with van der Waals surface area (Å²) in [5.74, 6) is 0.345. The van der Waals surface area contributed by atoms with Gasteiger partial charge in [0.2, 0.25) is 0 Å². The Labute approximate surface area is 127 Å². The standard InChI is InChI=1S/C19H23O2/c1-2-17(13-20-15-18-9-5-3-6-10-18)14-21-16-19-11-7-4-8-12-19/h3-12,17H,1-2,13-16H2. The third kappa shape index (κ3) is 6.11. The maximum Gasteiger partial charge on any atom is 0.0717 e. The van der Waals surface area contributed by atoms with E-state index in [-0.39, 0.29) is 0 Å². The molecule has 111 valence electrons. The first kappa shape index (κ1) is 15.7. The maximum absolute atomic E-state index is 5.76. The average Bonchev–Trinajstić information content (AvgIpc) is 2.55. The van der Waals surface area contributed by atoms with Gasteiger partial charge in [0.15, 0.2) is 0 Å². The zero-order chi connectivity index (χ0) is 14.8. The van der Waals surface area contributed by atoms with Crippen LogP contribution >= 0.6 is 0 Å². The van der Waals surface area contributed by atoms with E-state index in [1.165, 1.54) is 11.1 Å². The summed E-state index contributed by atoms with van der Waals surface area (Å²) in [6, 6.07) is 20.4. The van der Waals surface area contributed by atoms with Crippen LogP contribution < -0.4 is 0 Å². The minimum absolute atomic E-state index is 0.345. The first-order valence-electron chi connectivity index (χ1n) is 7.41. The number of rotatable bonds is 9. The molecule has 0 aromatic heterocycles. The summed E-state index contributed by atoms with van der Waals surface area (Å²) >= 11 is 0. The number of ether oxygens (including phenoxy) is 2. The Hall–Kier alpha value is -1.64. The van der Waals surface area contributed by atoms with Gasteiger partial charge in [-0.15, -0.1) is 0 Å². The van der Waals surface area contributed by atoms with Crippen molar-refractivity contribution < 1.29 is 9.47 Å². The molecule has 21 heavy (non-hydrogen) atoms. The van der Waals surface area contributed by atoms with Crippen LogP contribution in [0.4, 0.5) is 0 Å². The van der Waals surface area contributed by atoms with Gasteiger partial charge in [0.1, 0.15) is 0 Å². The fraction of sp³-hybridized carbons (Fsp3) is 0.316. The summed E-state index contributed by atoms with van der Waals surface area (Å²) in [5, 5.41) is 0. The zero-order valence-electron chi connectivity index (χ0n) is 12.4. The van der Waals surface area contributed by atoms with Crippen LogP contribution in [0, 0.1) is 12.8 Å². The van der Waals surface area contributed by atoms with Gasteiger partial charge in [0.25, 0.3) is 0 Å². The van der Waals surface area contributed by atoms with Gasteiger partial charge in [0.05, 0.1) is 26.4 Å². The molecule has 0 fully saturated rings. The van der Waals surface area contributed by atoms with E-state index < -0.39 is 0 Å². The lowest BCUT2D eigenvalue weighted by Crippen LogP contribution is -2.15. The molecule has 2 nitrogen and oxygen atoms in total. The Balaban J connectivity index is 1.64. The summed E-state index contributed by atoms with van der Waals surface area (Å²) < 4.78 is 11.5. The van der Waals surface area contributed by atoms with Gasteiger partial charge in [-0.25, -0.2) is 0 Å². The molecular weight excluding hydrogens is 260 g/mol. The van der Waals surface area contributed by atoms with Crippen molar-refractivity contribution in [3.8, 4) is 0 Å². The molecule has 0 heterocycles. The highest BCUT2D eigenvalue weighted by Gasteiger charge is 2.07. The molecule has 2 aromatic carbocycles. The molecule has 0 aliphatic rings. The van der Waals surface area contributed by atoms with E-state index in [2.05, 4.69) is 31.2 Å². The lowest BCUT2D eigenvalue weighted by Gasteiger charge is -2.15. The quantitative estimate of drug-likeness (QED) is 0.684. The van der Waals surface area contributed by atoms with Crippen LogP contribution in [0.1, 0.15) is 17.5 Å². The van der Waals surface area contributed by atoms with Crippen LogP contribution in [0.25, 0.3) is 0 Å². The van der Waals surface area contributed by atoms with Gasteiger partial charge in [-0.2, -0.15) is 0 Å². The highest BCUT2D eigenvalue weighted by atomic mass is 16.5. The smallest absolute Gasteiger partial charge is 0.0717 e. The van der Waals surface area contributed by atoms with Crippen LogP contribution in [0.2, 0.25) is 0 Å². The van der Waals surface area contributed by atoms with Crippen molar-refractivity contribution in [1.82, 2.24) is 0 Å². The molecule has 0 aliphatic carbocycles. The second-order valence-electron chi connectivity index (χ2n) is 5.16. The number of benzene rings is 2. The average molecular weight is 283 g/mol. The summed E-state index contributed by atoms with van der Waals surface area (Å²) in [6.45, 7) is 6.65. The summed E-state index contributed by atoms with van der Waals surface area (Å²) in [7, 11) is 0. The third-order valence-corrected chi connectivity index (χ3v) is 3.34. The van der Waals surface area contributed by atoms with Crippen molar-refractivity contribution in [2.75, 3.05) is 13.2 Å². The summed E-state index contributed by atoms with van der Waals surface area (Å²) in [6.07, 6.45) is 0.823. The van der Waals surface area contributed by atoms with Crippen LogP contribution in [0.15, 0.2) is 60.7 Å². The molecule has 0 bridgehead atoms. The van der Waals surface area contributed by atoms with Crippen molar-refractivity contribution >= 4 is 0 Å². The number of hydrogen-bond acceptors (Lipinski definition) is 2. The van der Waals surface area contributed by atoms with E-state index in [4.69, 9.17) is 9.47 Å². The molecule has 2 aromatic rings.